The third kappa shape index (κ3) is 3.16. The van der Waals surface area contributed by atoms with E-state index in [-0.39, 0.29) is 0 Å². The van der Waals surface area contributed by atoms with Gasteiger partial charge in [0.25, 0.3) is 0 Å². The van der Waals surface area contributed by atoms with Crippen LogP contribution in [0, 0.1) is 11.3 Å². The van der Waals surface area contributed by atoms with Crippen LogP contribution in [0.2, 0.25) is 0 Å². The standard InChI is InChI=1S/C6H12NO3PS/c1-9-11(8,10-2)6(12)4-3-5-7/h6,12H,3-4H2,1-2H3. The molecule has 0 aliphatic rings. The first-order chi connectivity index (χ1) is 5.60. The largest absolute Gasteiger partial charge is 0.342 e. The van der Waals surface area contributed by atoms with Gasteiger partial charge in [-0.15, -0.1) is 0 Å². The minimum absolute atomic E-state index is 0.297. The molecule has 0 aromatic carbocycles. The zero-order valence-corrected chi connectivity index (χ0v) is 8.85. The van der Waals surface area contributed by atoms with Gasteiger partial charge in [-0.25, -0.2) is 0 Å². The number of hydrogen-bond acceptors (Lipinski definition) is 5. The quantitative estimate of drug-likeness (QED) is 0.556. The molecule has 0 bridgehead atoms. The summed E-state index contributed by atoms with van der Waals surface area (Å²) in [5, 5.41) is 8.27. The van der Waals surface area contributed by atoms with E-state index in [9.17, 15) is 4.57 Å². The first-order valence-corrected chi connectivity index (χ1v) is 5.49. The van der Waals surface area contributed by atoms with Gasteiger partial charge in [0, 0.05) is 20.6 Å². The van der Waals surface area contributed by atoms with E-state index in [1.54, 1.807) is 0 Å². The Labute approximate surface area is 77.8 Å². The molecule has 6 heteroatoms. The maximum Gasteiger partial charge on any atom is 0.342 e. The van der Waals surface area contributed by atoms with Crippen LogP contribution in [0.4, 0.5) is 0 Å². The van der Waals surface area contributed by atoms with Crippen molar-refractivity contribution in [3.8, 4) is 6.07 Å². The van der Waals surface area contributed by atoms with Crippen molar-refractivity contribution in [1.29, 1.82) is 5.26 Å². The van der Waals surface area contributed by atoms with Crippen molar-refractivity contribution in [1.82, 2.24) is 0 Å². The van der Waals surface area contributed by atoms with Crippen molar-refractivity contribution in [3.05, 3.63) is 0 Å². The maximum absolute atomic E-state index is 11.5. The molecule has 0 saturated carbocycles. The summed E-state index contributed by atoms with van der Waals surface area (Å²) in [6, 6.07) is 1.94. The maximum atomic E-state index is 11.5. The monoisotopic (exact) mass is 209 g/mol. The van der Waals surface area contributed by atoms with E-state index >= 15 is 0 Å². The molecule has 12 heavy (non-hydrogen) atoms. The highest BCUT2D eigenvalue weighted by Gasteiger charge is 2.30. The smallest absolute Gasteiger partial charge is 0.311 e. The van der Waals surface area contributed by atoms with Crippen LogP contribution in [0.1, 0.15) is 12.8 Å². The molecule has 0 rings (SSSR count). The van der Waals surface area contributed by atoms with E-state index < -0.39 is 12.6 Å². The molecule has 0 aromatic heterocycles. The molecule has 0 heterocycles. The van der Waals surface area contributed by atoms with E-state index in [4.69, 9.17) is 14.3 Å². The van der Waals surface area contributed by atoms with Crippen molar-refractivity contribution in [3.63, 3.8) is 0 Å². The fourth-order valence-electron chi connectivity index (χ4n) is 0.670. The molecule has 0 aliphatic heterocycles. The van der Waals surface area contributed by atoms with E-state index in [2.05, 4.69) is 12.6 Å². The zero-order valence-electron chi connectivity index (χ0n) is 7.06. The Morgan fingerprint density at radius 1 is 1.58 bits per heavy atom. The highest BCUT2D eigenvalue weighted by molar-refractivity contribution is 7.89. The summed E-state index contributed by atoms with van der Waals surface area (Å²) < 4.78 is 20.9. The number of rotatable bonds is 5. The van der Waals surface area contributed by atoms with Gasteiger partial charge in [0.2, 0.25) is 0 Å². The Kier molecular flexibility index (Phi) is 5.60. The lowest BCUT2D eigenvalue weighted by atomic mass is 10.4. The summed E-state index contributed by atoms with van der Waals surface area (Å²) in [4.78, 5) is -0.521. The highest BCUT2D eigenvalue weighted by Crippen LogP contribution is 2.54. The van der Waals surface area contributed by atoms with Crippen LogP contribution in [-0.4, -0.2) is 19.2 Å². The number of thiol groups is 1. The second-order valence-electron chi connectivity index (χ2n) is 2.08. The molecule has 0 aliphatic carbocycles. The van der Waals surface area contributed by atoms with Gasteiger partial charge in [-0.05, 0) is 6.42 Å². The lowest BCUT2D eigenvalue weighted by molar-refractivity contribution is 0.273. The van der Waals surface area contributed by atoms with Crippen molar-refractivity contribution in [2.24, 2.45) is 0 Å². The molecule has 0 amide bonds. The first-order valence-electron chi connectivity index (χ1n) is 3.37. The predicted octanol–water partition coefficient (Wildman–Crippen LogP) is 2.03. The van der Waals surface area contributed by atoms with Crippen LogP contribution < -0.4 is 0 Å². The summed E-state index contributed by atoms with van der Waals surface area (Å²) in [7, 11) is -0.478. The molecule has 0 spiro atoms. The van der Waals surface area contributed by atoms with Crippen LogP contribution in [0.5, 0.6) is 0 Å². The number of nitrogens with zero attached hydrogens (tertiary/aromatic N) is 1. The van der Waals surface area contributed by atoms with E-state index in [1.165, 1.54) is 14.2 Å². The van der Waals surface area contributed by atoms with Gasteiger partial charge in [0.1, 0.15) is 4.99 Å². The van der Waals surface area contributed by atoms with Crippen LogP contribution in [0.3, 0.4) is 0 Å². The summed E-state index contributed by atoms with van der Waals surface area (Å²) in [6.07, 6.45) is 0.698. The van der Waals surface area contributed by atoms with Crippen LogP contribution in [0.15, 0.2) is 0 Å². The molecule has 0 N–H and O–H groups in total. The summed E-state index contributed by atoms with van der Waals surface area (Å²) in [5.74, 6) is 0. The van der Waals surface area contributed by atoms with Gasteiger partial charge in [0.05, 0.1) is 6.07 Å². The summed E-state index contributed by atoms with van der Waals surface area (Å²) >= 11 is 4.04. The molecular weight excluding hydrogens is 197 g/mol. The molecule has 0 fully saturated rings. The second-order valence-corrected chi connectivity index (χ2v) is 5.55. The minimum atomic E-state index is -3.09. The summed E-state index contributed by atoms with van der Waals surface area (Å²) in [5.41, 5.74) is 0. The zero-order chi connectivity index (χ0) is 9.61. The van der Waals surface area contributed by atoms with Gasteiger partial charge in [-0.3, -0.25) is 4.57 Å². The highest BCUT2D eigenvalue weighted by atomic mass is 32.1. The molecule has 70 valence electrons. The van der Waals surface area contributed by atoms with Crippen LogP contribution in [-0.2, 0) is 13.6 Å². The third-order valence-corrected chi connectivity index (χ3v) is 4.50. The topological polar surface area (TPSA) is 59.3 Å². The normalized spacial score (nSPS) is 13.8. The number of hydrogen-bond donors (Lipinski definition) is 1. The molecule has 0 radical (unpaired) electrons. The third-order valence-electron chi connectivity index (χ3n) is 1.39. The van der Waals surface area contributed by atoms with Gasteiger partial charge in [-0.2, -0.15) is 17.9 Å². The van der Waals surface area contributed by atoms with Gasteiger partial charge >= 0.3 is 7.60 Å². The molecule has 4 nitrogen and oxygen atoms in total. The Balaban J connectivity index is 4.14. The lowest BCUT2D eigenvalue weighted by Crippen LogP contribution is -2.03. The molecular formula is C6H12NO3PS. The molecule has 1 unspecified atom stereocenters. The summed E-state index contributed by atoms with van der Waals surface area (Å²) in [6.45, 7) is 0. The minimum Gasteiger partial charge on any atom is -0.311 e. The van der Waals surface area contributed by atoms with Crippen molar-refractivity contribution in [2.75, 3.05) is 14.2 Å². The molecule has 0 aromatic rings. The first kappa shape index (κ1) is 12.0. The van der Waals surface area contributed by atoms with Crippen molar-refractivity contribution >= 4 is 20.2 Å². The van der Waals surface area contributed by atoms with E-state index in [1.807, 2.05) is 6.07 Å². The van der Waals surface area contributed by atoms with Crippen molar-refractivity contribution < 1.29 is 13.6 Å². The predicted molar refractivity (Wildman–Crippen MR) is 49.2 cm³/mol. The average Bonchev–Trinajstić information content (AvgIpc) is 2.12. The van der Waals surface area contributed by atoms with Crippen molar-refractivity contribution in [2.45, 2.75) is 17.8 Å². The van der Waals surface area contributed by atoms with Crippen LogP contribution >= 0.6 is 20.2 Å². The second kappa shape index (κ2) is 5.60. The lowest BCUT2D eigenvalue weighted by Gasteiger charge is -2.18. The SMILES string of the molecule is COP(=O)(OC)C(S)CCC#N. The fraction of sp³-hybridized carbons (Fsp3) is 0.833. The van der Waals surface area contributed by atoms with Gasteiger partial charge < -0.3 is 9.05 Å². The fourth-order valence-corrected chi connectivity index (χ4v) is 2.45. The van der Waals surface area contributed by atoms with E-state index in [0.29, 0.717) is 12.8 Å². The van der Waals surface area contributed by atoms with Gasteiger partial charge in [-0.1, -0.05) is 0 Å². The molecule has 1 atom stereocenters. The number of nitriles is 1. The Bertz CT molecular complexity index is 207. The average molecular weight is 209 g/mol. The Morgan fingerprint density at radius 3 is 2.42 bits per heavy atom. The molecule has 0 saturated heterocycles. The Morgan fingerprint density at radius 2 is 2.08 bits per heavy atom. The Hall–Kier alpha value is -0.01000. The van der Waals surface area contributed by atoms with Crippen LogP contribution in [0.25, 0.3) is 0 Å². The van der Waals surface area contributed by atoms with E-state index in [0.717, 1.165) is 0 Å². The van der Waals surface area contributed by atoms with Gasteiger partial charge in [0.15, 0.2) is 0 Å².